The lowest BCUT2D eigenvalue weighted by molar-refractivity contribution is 0.128. The van der Waals surface area contributed by atoms with E-state index in [2.05, 4.69) is 5.32 Å². The Morgan fingerprint density at radius 3 is 2.05 bits per heavy atom. The Kier molecular flexibility index (Phi) is 7.14. The van der Waals surface area contributed by atoms with Gasteiger partial charge in [-0.3, -0.25) is 0 Å². The molecule has 20 heavy (non-hydrogen) atoms. The van der Waals surface area contributed by atoms with E-state index in [1.165, 1.54) is 0 Å². The lowest BCUT2D eigenvalue weighted by Gasteiger charge is -2.17. The van der Waals surface area contributed by atoms with E-state index in [-0.39, 0.29) is 12.6 Å². The first-order valence-corrected chi connectivity index (χ1v) is 6.32. The molecule has 0 saturated heterocycles. The van der Waals surface area contributed by atoms with Crippen LogP contribution >= 0.6 is 0 Å². The molecule has 0 bridgehead atoms. The van der Waals surface area contributed by atoms with E-state index in [4.69, 9.17) is 18.9 Å². The third-order valence-corrected chi connectivity index (χ3v) is 2.91. The highest BCUT2D eigenvalue weighted by Crippen LogP contribution is 2.38. The molecule has 6 nitrogen and oxygen atoms in total. The number of methoxy groups -OCH3 is 4. The summed E-state index contributed by atoms with van der Waals surface area (Å²) in [7, 11) is 6.33. The number of nitrogens with one attached hydrogen (secondary N) is 1. The second-order valence-electron chi connectivity index (χ2n) is 4.25. The number of ether oxygens (including phenoxy) is 4. The summed E-state index contributed by atoms with van der Waals surface area (Å²) in [5.74, 6) is 1.78. The van der Waals surface area contributed by atoms with Crippen LogP contribution < -0.4 is 19.5 Å². The molecule has 1 aromatic rings. The molecule has 0 amide bonds. The van der Waals surface area contributed by atoms with Gasteiger partial charge in [-0.05, 0) is 17.7 Å². The molecule has 0 radical (unpaired) electrons. The van der Waals surface area contributed by atoms with Crippen molar-refractivity contribution in [1.29, 1.82) is 0 Å². The molecule has 1 aromatic carbocycles. The van der Waals surface area contributed by atoms with Crippen LogP contribution in [0.3, 0.4) is 0 Å². The van der Waals surface area contributed by atoms with Gasteiger partial charge in [0, 0.05) is 13.7 Å². The van der Waals surface area contributed by atoms with Gasteiger partial charge in [0.2, 0.25) is 5.75 Å². The van der Waals surface area contributed by atoms with Crippen molar-refractivity contribution >= 4 is 0 Å². The van der Waals surface area contributed by atoms with Crippen molar-refractivity contribution in [3.8, 4) is 17.2 Å². The molecule has 1 rings (SSSR count). The molecule has 1 unspecified atom stereocenters. The fourth-order valence-corrected chi connectivity index (χ4v) is 1.88. The highest BCUT2D eigenvalue weighted by molar-refractivity contribution is 5.53. The first-order valence-electron chi connectivity index (χ1n) is 6.32. The third kappa shape index (κ3) is 4.26. The van der Waals surface area contributed by atoms with Gasteiger partial charge in [0.25, 0.3) is 0 Å². The number of hydrogen-bond donors (Lipinski definition) is 2. The summed E-state index contributed by atoms with van der Waals surface area (Å²) < 4.78 is 20.9. The third-order valence-electron chi connectivity index (χ3n) is 2.91. The summed E-state index contributed by atoms with van der Waals surface area (Å²) in [6, 6.07) is 3.63. The van der Waals surface area contributed by atoms with Crippen LogP contribution in [0.25, 0.3) is 0 Å². The van der Waals surface area contributed by atoms with E-state index >= 15 is 0 Å². The van der Waals surface area contributed by atoms with Crippen molar-refractivity contribution in [2.24, 2.45) is 0 Å². The molecule has 114 valence electrons. The lowest BCUT2D eigenvalue weighted by Crippen LogP contribution is -2.35. The topological polar surface area (TPSA) is 69.2 Å². The highest BCUT2D eigenvalue weighted by Gasteiger charge is 2.14. The highest BCUT2D eigenvalue weighted by atomic mass is 16.5. The summed E-state index contributed by atoms with van der Waals surface area (Å²) in [6.07, 6.45) is 0. The minimum atomic E-state index is -0.112. The van der Waals surface area contributed by atoms with E-state index in [0.29, 0.717) is 30.4 Å². The maximum Gasteiger partial charge on any atom is 0.203 e. The van der Waals surface area contributed by atoms with Gasteiger partial charge in [0.1, 0.15) is 0 Å². The van der Waals surface area contributed by atoms with Crippen LogP contribution in [0.5, 0.6) is 17.2 Å². The molecule has 0 spiro atoms. The van der Waals surface area contributed by atoms with E-state index < -0.39 is 0 Å². The minimum absolute atomic E-state index is 0.0122. The Hall–Kier alpha value is -1.50. The number of aliphatic hydroxyl groups excluding tert-OH is 1. The number of aliphatic hydroxyl groups is 1. The predicted molar refractivity (Wildman–Crippen MR) is 75.7 cm³/mol. The van der Waals surface area contributed by atoms with Crippen LogP contribution in [0.15, 0.2) is 12.1 Å². The first kappa shape index (κ1) is 16.6. The summed E-state index contributed by atoms with van der Waals surface area (Å²) >= 11 is 0. The SMILES string of the molecule is COCC(CO)NCc1cc(OC)c(OC)c(OC)c1. The zero-order valence-corrected chi connectivity index (χ0v) is 12.4. The average molecular weight is 285 g/mol. The van der Waals surface area contributed by atoms with E-state index in [9.17, 15) is 5.11 Å². The molecule has 1 atom stereocenters. The van der Waals surface area contributed by atoms with Gasteiger partial charge in [0.15, 0.2) is 11.5 Å². The molecule has 0 aromatic heterocycles. The second kappa shape index (κ2) is 8.63. The van der Waals surface area contributed by atoms with Gasteiger partial charge in [-0.25, -0.2) is 0 Å². The Bertz CT molecular complexity index is 386. The first-order chi connectivity index (χ1) is 9.69. The lowest BCUT2D eigenvalue weighted by atomic mass is 10.1. The summed E-state index contributed by atoms with van der Waals surface area (Å²) in [5, 5.41) is 12.4. The number of hydrogen-bond acceptors (Lipinski definition) is 6. The van der Waals surface area contributed by atoms with E-state index in [1.807, 2.05) is 12.1 Å². The molecule has 0 saturated carbocycles. The van der Waals surface area contributed by atoms with Gasteiger partial charge in [0.05, 0.1) is 40.6 Å². The standard InChI is InChI=1S/C14H23NO5/c1-17-9-11(8-16)15-7-10-5-12(18-2)14(20-4)13(6-10)19-3/h5-6,11,15-16H,7-9H2,1-4H3. The Morgan fingerprint density at radius 2 is 1.65 bits per heavy atom. The van der Waals surface area contributed by atoms with Crippen LogP contribution in [-0.2, 0) is 11.3 Å². The Labute approximate surface area is 119 Å². The van der Waals surface area contributed by atoms with Crippen LogP contribution in [-0.4, -0.2) is 52.8 Å². The smallest absolute Gasteiger partial charge is 0.203 e. The predicted octanol–water partition coefficient (Wildman–Crippen LogP) is 0.809. The van der Waals surface area contributed by atoms with Crippen molar-refractivity contribution in [3.05, 3.63) is 17.7 Å². The average Bonchev–Trinajstić information content (AvgIpc) is 2.49. The largest absolute Gasteiger partial charge is 0.493 e. The molecular weight excluding hydrogens is 262 g/mol. The van der Waals surface area contributed by atoms with Crippen LogP contribution in [0.2, 0.25) is 0 Å². The van der Waals surface area contributed by atoms with Gasteiger partial charge in [-0.15, -0.1) is 0 Å². The summed E-state index contributed by atoms with van der Waals surface area (Å²) in [6.45, 7) is 1.02. The van der Waals surface area contributed by atoms with Gasteiger partial charge in [-0.2, -0.15) is 0 Å². The molecule has 0 aliphatic rings. The molecule has 0 aliphatic carbocycles. The van der Waals surface area contributed by atoms with Crippen molar-refractivity contribution in [1.82, 2.24) is 5.32 Å². The zero-order chi connectivity index (χ0) is 15.0. The fraction of sp³-hybridized carbons (Fsp3) is 0.571. The summed E-state index contributed by atoms with van der Waals surface area (Å²) in [5.41, 5.74) is 0.967. The monoisotopic (exact) mass is 285 g/mol. The van der Waals surface area contributed by atoms with Crippen molar-refractivity contribution < 1.29 is 24.1 Å². The quantitative estimate of drug-likeness (QED) is 0.700. The minimum Gasteiger partial charge on any atom is -0.493 e. The van der Waals surface area contributed by atoms with Gasteiger partial charge < -0.3 is 29.4 Å². The molecule has 0 aliphatic heterocycles. The van der Waals surface area contributed by atoms with Crippen LogP contribution in [0.4, 0.5) is 0 Å². The second-order valence-corrected chi connectivity index (χ2v) is 4.25. The van der Waals surface area contributed by atoms with Gasteiger partial charge >= 0.3 is 0 Å². The number of rotatable bonds is 9. The maximum absolute atomic E-state index is 9.21. The van der Waals surface area contributed by atoms with Crippen molar-refractivity contribution in [3.63, 3.8) is 0 Å². The molecule has 2 N–H and O–H groups in total. The normalized spacial score (nSPS) is 12.1. The van der Waals surface area contributed by atoms with Crippen molar-refractivity contribution in [2.75, 3.05) is 41.7 Å². The molecular formula is C14H23NO5. The van der Waals surface area contributed by atoms with E-state index in [0.717, 1.165) is 5.56 Å². The van der Waals surface area contributed by atoms with E-state index in [1.54, 1.807) is 28.4 Å². The van der Waals surface area contributed by atoms with Crippen LogP contribution in [0.1, 0.15) is 5.56 Å². The van der Waals surface area contributed by atoms with Crippen molar-refractivity contribution in [2.45, 2.75) is 12.6 Å². The Morgan fingerprint density at radius 1 is 1.05 bits per heavy atom. The fourth-order valence-electron chi connectivity index (χ4n) is 1.88. The molecule has 6 heteroatoms. The Balaban J connectivity index is 2.85. The summed E-state index contributed by atoms with van der Waals surface area (Å²) in [4.78, 5) is 0. The van der Waals surface area contributed by atoms with Gasteiger partial charge in [-0.1, -0.05) is 0 Å². The zero-order valence-electron chi connectivity index (χ0n) is 12.4. The molecule has 0 heterocycles. The maximum atomic E-state index is 9.21. The van der Waals surface area contributed by atoms with Crippen LogP contribution in [0, 0.1) is 0 Å². The number of benzene rings is 1. The molecule has 0 fully saturated rings.